The number of nitrogens with one attached hydrogen (secondary N) is 1. The first-order chi connectivity index (χ1) is 11.1. The minimum Gasteiger partial charge on any atom is -0.388 e. The molecule has 0 radical (unpaired) electrons. The first-order valence-corrected chi connectivity index (χ1v) is 8.61. The SMILES string of the molecule is O=C(NCC1(O)CCSCC1)c1ccn(-c2cccc(F)c2)n1. The van der Waals surface area contributed by atoms with Gasteiger partial charge in [0.25, 0.3) is 5.91 Å². The van der Waals surface area contributed by atoms with Crippen molar-refractivity contribution in [1.82, 2.24) is 15.1 Å². The van der Waals surface area contributed by atoms with E-state index in [0.29, 0.717) is 18.5 Å². The number of nitrogens with zero attached hydrogens (tertiary/aromatic N) is 2. The highest BCUT2D eigenvalue weighted by Gasteiger charge is 2.30. The number of hydrogen-bond acceptors (Lipinski definition) is 4. The predicted molar refractivity (Wildman–Crippen MR) is 87.4 cm³/mol. The molecule has 1 amide bonds. The van der Waals surface area contributed by atoms with Gasteiger partial charge in [-0.05, 0) is 48.6 Å². The minimum atomic E-state index is -0.827. The molecule has 7 heteroatoms. The molecule has 5 nitrogen and oxygen atoms in total. The molecule has 23 heavy (non-hydrogen) atoms. The van der Waals surface area contributed by atoms with Crippen LogP contribution >= 0.6 is 11.8 Å². The molecular formula is C16H18FN3O2S. The smallest absolute Gasteiger partial charge is 0.271 e. The van der Waals surface area contributed by atoms with Crippen LogP contribution in [0.1, 0.15) is 23.3 Å². The first kappa shape index (κ1) is 16.0. The van der Waals surface area contributed by atoms with Gasteiger partial charge in [0.15, 0.2) is 5.69 Å². The molecule has 3 rings (SSSR count). The monoisotopic (exact) mass is 335 g/mol. The average Bonchev–Trinajstić information content (AvgIpc) is 3.03. The Morgan fingerprint density at radius 2 is 2.17 bits per heavy atom. The highest BCUT2D eigenvalue weighted by Crippen LogP contribution is 2.26. The van der Waals surface area contributed by atoms with Gasteiger partial charge >= 0.3 is 0 Å². The molecule has 0 unspecified atom stereocenters. The van der Waals surface area contributed by atoms with Crippen LogP contribution in [0, 0.1) is 5.82 Å². The fourth-order valence-electron chi connectivity index (χ4n) is 2.47. The van der Waals surface area contributed by atoms with E-state index in [1.165, 1.54) is 16.8 Å². The van der Waals surface area contributed by atoms with Crippen molar-refractivity contribution in [2.45, 2.75) is 18.4 Å². The Morgan fingerprint density at radius 1 is 1.39 bits per heavy atom. The van der Waals surface area contributed by atoms with Crippen LogP contribution in [0.15, 0.2) is 36.5 Å². The number of amides is 1. The summed E-state index contributed by atoms with van der Waals surface area (Å²) < 4.78 is 14.7. The Hall–Kier alpha value is -1.86. The first-order valence-electron chi connectivity index (χ1n) is 7.46. The van der Waals surface area contributed by atoms with E-state index < -0.39 is 5.60 Å². The van der Waals surface area contributed by atoms with Gasteiger partial charge in [-0.1, -0.05) is 6.07 Å². The van der Waals surface area contributed by atoms with Crippen LogP contribution in [-0.2, 0) is 0 Å². The summed E-state index contributed by atoms with van der Waals surface area (Å²) in [5, 5.41) is 17.3. The van der Waals surface area contributed by atoms with E-state index in [2.05, 4.69) is 10.4 Å². The van der Waals surface area contributed by atoms with Gasteiger partial charge in [0, 0.05) is 12.7 Å². The molecule has 1 aromatic carbocycles. The summed E-state index contributed by atoms with van der Waals surface area (Å²) >= 11 is 1.81. The van der Waals surface area contributed by atoms with Gasteiger partial charge < -0.3 is 10.4 Å². The summed E-state index contributed by atoms with van der Waals surface area (Å²) in [6.07, 6.45) is 2.96. The summed E-state index contributed by atoms with van der Waals surface area (Å²) in [7, 11) is 0. The number of benzene rings is 1. The summed E-state index contributed by atoms with van der Waals surface area (Å²) in [6, 6.07) is 7.56. The summed E-state index contributed by atoms with van der Waals surface area (Å²) in [5.74, 6) is 1.11. The minimum absolute atomic E-state index is 0.221. The van der Waals surface area contributed by atoms with Crippen LogP contribution in [0.25, 0.3) is 5.69 Å². The zero-order valence-corrected chi connectivity index (χ0v) is 13.4. The fraction of sp³-hybridized carbons (Fsp3) is 0.375. The molecule has 2 heterocycles. The highest BCUT2D eigenvalue weighted by molar-refractivity contribution is 7.99. The average molecular weight is 335 g/mol. The molecule has 0 spiro atoms. The molecule has 0 atom stereocenters. The molecule has 2 aromatic rings. The van der Waals surface area contributed by atoms with Crippen LogP contribution in [-0.4, -0.2) is 44.4 Å². The third-order valence-electron chi connectivity index (χ3n) is 3.90. The van der Waals surface area contributed by atoms with E-state index >= 15 is 0 Å². The van der Waals surface area contributed by atoms with Crippen LogP contribution < -0.4 is 5.32 Å². The number of halogens is 1. The van der Waals surface area contributed by atoms with Gasteiger partial charge in [-0.2, -0.15) is 16.9 Å². The molecule has 1 fully saturated rings. The van der Waals surface area contributed by atoms with Crippen molar-refractivity contribution in [1.29, 1.82) is 0 Å². The number of aliphatic hydroxyl groups is 1. The summed E-state index contributed by atoms with van der Waals surface area (Å²) in [6.45, 7) is 0.221. The highest BCUT2D eigenvalue weighted by atomic mass is 32.2. The number of carbonyl (C=O) groups is 1. The molecule has 1 aliphatic heterocycles. The molecule has 122 valence electrons. The maximum Gasteiger partial charge on any atom is 0.271 e. The van der Waals surface area contributed by atoms with Gasteiger partial charge in [-0.15, -0.1) is 0 Å². The Labute approximate surface area is 137 Å². The number of thioether (sulfide) groups is 1. The van der Waals surface area contributed by atoms with Crippen LogP contribution in [0.3, 0.4) is 0 Å². The number of carbonyl (C=O) groups excluding carboxylic acids is 1. The van der Waals surface area contributed by atoms with E-state index in [4.69, 9.17) is 0 Å². The van der Waals surface area contributed by atoms with Crippen molar-refractivity contribution in [3.05, 3.63) is 48.0 Å². The van der Waals surface area contributed by atoms with Crippen molar-refractivity contribution in [3.63, 3.8) is 0 Å². The van der Waals surface area contributed by atoms with Gasteiger partial charge in [0.05, 0.1) is 11.3 Å². The molecule has 1 saturated heterocycles. The maximum absolute atomic E-state index is 13.2. The van der Waals surface area contributed by atoms with Gasteiger partial charge in [0.1, 0.15) is 5.82 Å². The van der Waals surface area contributed by atoms with Crippen molar-refractivity contribution in [2.24, 2.45) is 0 Å². The molecule has 0 saturated carbocycles. The van der Waals surface area contributed by atoms with E-state index in [1.807, 2.05) is 11.8 Å². The quantitative estimate of drug-likeness (QED) is 0.897. The topological polar surface area (TPSA) is 67.2 Å². The lowest BCUT2D eigenvalue weighted by Gasteiger charge is -2.31. The second-order valence-corrected chi connectivity index (χ2v) is 6.87. The van der Waals surface area contributed by atoms with Gasteiger partial charge in [0.2, 0.25) is 0 Å². The largest absolute Gasteiger partial charge is 0.388 e. The zero-order chi connectivity index (χ0) is 16.3. The van der Waals surface area contributed by atoms with Crippen molar-refractivity contribution < 1.29 is 14.3 Å². The van der Waals surface area contributed by atoms with E-state index in [-0.39, 0.29) is 24.0 Å². The number of hydrogen-bond donors (Lipinski definition) is 2. The fourth-order valence-corrected chi connectivity index (χ4v) is 3.72. The lowest BCUT2D eigenvalue weighted by Crippen LogP contribution is -2.45. The predicted octanol–water partition coefficient (Wildman–Crippen LogP) is 2.00. The van der Waals surface area contributed by atoms with Crippen LogP contribution in [0.2, 0.25) is 0 Å². The third kappa shape index (κ3) is 3.92. The number of rotatable bonds is 4. The Morgan fingerprint density at radius 3 is 2.91 bits per heavy atom. The Kier molecular flexibility index (Phi) is 4.68. The van der Waals surface area contributed by atoms with Crippen LogP contribution in [0.4, 0.5) is 4.39 Å². The summed E-state index contributed by atoms with van der Waals surface area (Å²) in [5.41, 5.74) is -0.0403. The summed E-state index contributed by atoms with van der Waals surface area (Å²) in [4.78, 5) is 12.2. The second-order valence-electron chi connectivity index (χ2n) is 5.64. The molecule has 1 aromatic heterocycles. The maximum atomic E-state index is 13.2. The van der Waals surface area contributed by atoms with Crippen LogP contribution in [0.5, 0.6) is 0 Å². The van der Waals surface area contributed by atoms with Gasteiger partial charge in [-0.25, -0.2) is 9.07 Å². The lowest BCUT2D eigenvalue weighted by molar-refractivity contribution is 0.0310. The number of aromatic nitrogens is 2. The zero-order valence-electron chi connectivity index (χ0n) is 12.5. The normalized spacial score (nSPS) is 17.0. The molecule has 0 aliphatic carbocycles. The Balaban J connectivity index is 1.64. The van der Waals surface area contributed by atoms with Gasteiger partial charge in [-0.3, -0.25) is 4.79 Å². The van der Waals surface area contributed by atoms with Crippen molar-refractivity contribution >= 4 is 17.7 Å². The third-order valence-corrected chi connectivity index (χ3v) is 4.88. The standard InChI is InChI=1S/C16H18FN3O2S/c17-12-2-1-3-13(10-12)20-7-4-14(19-20)15(21)18-11-16(22)5-8-23-9-6-16/h1-4,7,10,22H,5-6,8-9,11H2,(H,18,21). The van der Waals surface area contributed by atoms with E-state index in [9.17, 15) is 14.3 Å². The van der Waals surface area contributed by atoms with E-state index in [0.717, 1.165) is 11.5 Å². The molecule has 0 bridgehead atoms. The van der Waals surface area contributed by atoms with Crippen molar-refractivity contribution in [2.75, 3.05) is 18.1 Å². The Bertz CT molecular complexity index is 698. The van der Waals surface area contributed by atoms with Crippen molar-refractivity contribution in [3.8, 4) is 5.69 Å². The molecule has 2 N–H and O–H groups in total. The second kappa shape index (κ2) is 6.72. The lowest BCUT2D eigenvalue weighted by atomic mass is 9.97. The molecular weight excluding hydrogens is 317 g/mol. The molecule has 1 aliphatic rings. The van der Waals surface area contributed by atoms with E-state index in [1.54, 1.807) is 24.4 Å².